The highest BCUT2D eigenvalue weighted by molar-refractivity contribution is 5.85. The van der Waals surface area contributed by atoms with Crippen LogP contribution in [-0.4, -0.2) is 13.7 Å². The minimum atomic E-state index is 0. The largest absolute Gasteiger partial charge is 0.497 e. The van der Waals surface area contributed by atoms with E-state index >= 15 is 0 Å². The lowest BCUT2D eigenvalue weighted by Gasteiger charge is -2.18. The van der Waals surface area contributed by atoms with Gasteiger partial charge in [-0.25, -0.2) is 0 Å². The molecule has 3 rings (SSSR count). The summed E-state index contributed by atoms with van der Waals surface area (Å²) < 4.78 is 5.20. The van der Waals surface area contributed by atoms with Crippen molar-refractivity contribution in [3.05, 3.63) is 54.1 Å². The van der Waals surface area contributed by atoms with Gasteiger partial charge in [-0.05, 0) is 36.2 Å². The molecule has 0 fully saturated rings. The van der Waals surface area contributed by atoms with Crippen molar-refractivity contribution in [2.75, 3.05) is 24.3 Å². The van der Waals surface area contributed by atoms with Crippen LogP contribution in [0, 0.1) is 0 Å². The fraction of sp³-hybridized carbons (Fsp3) is 0.250. The van der Waals surface area contributed by atoms with E-state index in [-0.39, 0.29) is 12.4 Å². The Bertz CT molecular complexity index is 557. The summed E-state index contributed by atoms with van der Waals surface area (Å²) in [5.41, 5.74) is 3.64. The van der Waals surface area contributed by atoms with Crippen molar-refractivity contribution in [2.24, 2.45) is 0 Å². The molecule has 0 spiro atoms. The Hall–Kier alpha value is -1.87. The Labute approximate surface area is 125 Å². The molecule has 0 radical (unpaired) electrons. The summed E-state index contributed by atoms with van der Waals surface area (Å²) >= 11 is 0. The summed E-state index contributed by atoms with van der Waals surface area (Å²) in [5.74, 6) is 0.899. The molecule has 2 aromatic carbocycles. The highest BCUT2D eigenvalue weighted by Gasteiger charge is 2.16. The third kappa shape index (κ3) is 2.99. The third-order valence-electron chi connectivity index (χ3n) is 3.52. The molecule has 1 unspecified atom stereocenters. The Morgan fingerprint density at radius 2 is 1.70 bits per heavy atom. The normalized spacial score (nSPS) is 16.8. The van der Waals surface area contributed by atoms with Crippen LogP contribution < -0.4 is 15.4 Å². The number of fused-ring (bicyclic) bond motifs is 1. The molecule has 0 aliphatic carbocycles. The molecule has 1 aliphatic heterocycles. The van der Waals surface area contributed by atoms with Gasteiger partial charge in [-0.15, -0.1) is 12.4 Å². The van der Waals surface area contributed by atoms with E-state index in [1.165, 1.54) is 16.9 Å². The van der Waals surface area contributed by atoms with Gasteiger partial charge >= 0.3 is 0 Å². The molecule has 20 heavy (non-hydrogen) atoms. The first kappa shape index (κ1) is 14.5. The highest BCUT2D eigenvalue weighted by atomic mass is 35.5. The number of benzene rings is 2. The maximum absolute atomic E-state index is 5.20. The van der Waals surface area contributed by atoms with Crippen LogP contribution in [0.1, 0.15) is 18.0 Å². The molecule has 0 saturated carbocycles. The smallest absolute Gasteiger partial charge is 0.118 e. The summed E-state index contributed by atoms with van der Waals surface area (Å²) in [6.07, 6.45) is 1.06. The number of hydrogen-bond donors (Lipinski definition) is 2. The first-order valence-electron chi connectivity index (χ1n) is 6.60. The standard InChI is InChI=1S/C16H18N2O.ClH/c1-19-13-8-6-12(7-9-13)14-10-11-17-15-4-2-3-5-16(15)18-14;/h2-9,14,17-18H,10-11H2,1H3;1H. The molecule has 0 amide bonds. The molecule has 4 heteroatoms. The van der Waals surface area contributed by atoms with E-state index in [2.05, 4.69) is 47.0 Å². The predicted octanol–water partition coefficient (Wildman–Crippen LogP) is 4.09. The number of methoxy groups -OCH3 is 1. The lowest BCUT2D eigenvalue weighted by Crippen LogP contribution is -2.10. The zero-order valence-corrected chi connectivity index (χ0v) is 12.2. The Morgan fingerprint density at radius 1 is 1.00 bits per heavy atom. The molecule has 1 aliphatic rings. The summed E-state index contributed by atoms with van der Waals surface area (Å²) in [6.45, 7) is 0.973. The van der Waals surface area contributed by atoms with E-state index in [1.54, 1.807) is 7.11 Å². The zero-order valence-electron chi connectivity index (χ0n) is 11.4. The molecule has 0 bridgehead atoms. The third-order valence-corrected chi connectivity index (χ3v) is 3.52. The van der Waals surface area contributed by atoms with Crippen molar-refractivity contribution >= 4 is 23.8 Å². The van der Waals surface area contributed by atoms with Gasteiger partial charge in [0.25, 0.3) is 0 Å². The van der Waals surface area contributed by atoms with Crippen LogP contribution in [0.2, 0.25) is 0 Å². The molecule has 2 N–H and O–H groups in total. The molecule has 2 aromatic rings. The van der Waals surface area contributed by atoms with Crippen molar-refractivity contribution in [1.82, 2.24) is 0 Å². The second kappa shape index (κ2) is 6.53. The monoisotopic (exact) mass is 290 g/mol. The van der Waals surface area contributed by atoms with E-state index in [0.29, 0.717) is 6.04 Å². The lowest BCUT2D eigenvalue weighted by atomic mass is 10.0. The Balaban J connectivity index is 0.00000147. The van der Waals surface area contributed by atoms with E-state index in [4.69, 9.17) is 4.74 Å². The average molecular weight is 291 g/mol. The van der Waals surface area contributed by atoms with Crippen LogP contribution in [0.25, 0.3) is 0 Å². The van der Waals surface area contributed by atoms with Crippen LogP contribution in [0.15, 0.2) is 48.5 Å². The number of hydrogen-bond acceptors (Lipinski definition) is 3. The van der Waals surface area contributed by atoms with E-state index in [0.717, 1.165) is 18.7 Å². The van der Waals surface area contributed by atoms with Gasteiger partial charge < -0.3 is 15.4 Å². The fourth-order valence-electron chi connectivity index (χ4n) is 2.46. The molecule has 1 atom stereocenters. The predicted molar refractivity (Wildman–Crippen MR) is 86.2 cm³/mol. The minimum Gasteiger partial charge on any atom is -0.497 e. The van der Waals surface area contributed by atoms with Gasteiger partial charge in [-0.2, -0.15) is 0 Å². The summed E-state index contributed by atoms with van der Waals surface area (Å²) in [5, 5.41) is 7.07. The van der Waals surface area contributed by atoms with Gasteiger partial charge in [-0.1, -0.05) is 24.3 Å². The molecule has 0 aromatic heterocycles. The van der Waals surface area contributed by atoms with Crippen molar-refractivity contribution in [1.29, 1.82) is 0 Å². The molecular weight excluding hydrogens is 272 g/mol. The summed E-state index contributed by atoms with van der Waals surface area (Å²) in [7, 11) is 1.69. The van der Waals surface area contributed by atoms with Crippen LogP contribution in [0.3, 0.4) is 0 Å². The minimum absolute atomic E-state index is 0. The van der Waals surface area contributed by atoms with Gasteiger partial charge in [0.2, 0.25) is 0 Å². The highest BCUT2D eigenvalue weighted by Crippen LogP contribution is 2.31. The molecule has 106 valence electrons. The first-order valence-corrected chi connectivity index (χ1v) is 6.60. The van der Waals surface area contributed by atoms with Crippen LogP contribution in [-0.2, 0) is 0 Å². The average Bonchev–Trinajstić information content (AvgIpc) is 2.69. The van der Waals surface area contributed by atoms with E-state index < -0.39 is 0 Å². The van der Waals surface area contributed by atoms with Crippen LogP contribution in [0.4, 0.5) is 11.4 Å². The molecule has 1 heterocycles. The number of ether oxygens (including phenoxy) is 1. The van der Waals surface area contributed by atoms with Gasteiger partial charge in [-0.3, -0.25) is 0 Å². The van der Waals surface area contributed by atoms with Gasteiger partial charge in [0, 0.05) is 6.54 Å². The quantitative estimate of drug-likeness (QED) is 0.874. The summed E-state index contributed by atoms with van der Waals surface area (Å²) in [6, 6.07) is 17.0. The number of halogens is 1. The van der Waals surface area contributed by atoms with Gasteiger partial charge in [0.05, 0.1) is 24.5 Å². The van der Waals surface area contributed by atoms with Crippen molar-refractivity contribution in [3.63, 3.8) is 0 Å². The molecule has 0 saturated heterocycles. The van der Waals surface area contributed by atoms with Crippen molar-refractivity contribution < 1.29 is 4.74 Å². The van der Waals surface area contributed by atoms with Gasteiger partial charge in [0.15, 0.2) is 0 Å². The maximum Gasteiger partial charge on any atom is 0.118 e. The number of nitrogens with one attached hydrogen (secondary N) is 2. The molecular formula is C16H19ClN2O. The van der Waals surface area contributed by atoms with E-state index in [9.17, 15) is 0 Å². The number of anilines is 2. The maximum atomic E-state index is 5.20. The zero-order chi connectivity index (χ0) is 13.1. The fourth-order valence-corrected chi connectivity index (χ4v) is 2.46. The van der Waals surface area contributed by atoms with Crippen LogP contribution in [0.5, 0.6) is 5.75 Å². The topological polar surface area (TPSA) is 33.3 Å². The second-order valence-corrected chi connectivity index (χ2v) is 4.73. The second-order valence-electron chi connectivity index (χ2n) is 4.73. The van der Waals surface area contributed by atoms with Crippen molar-refractivity contribution in [2.45, 2.75) is 12.5 Å². The van der Waals surface area contributed by atoms with E-state index in [1.807, 2.05) is 12.1 Å². The van der Waals surface area contributed by atoms with Crippen LogP contribution >= 0.6 is 12.4 Å². The Kier molecular flexibility index (Phi) is 4.74. The first-order chi connectivity index (χ1) is 9.36. The SMILES string of the molecule is COc1ccc(C2CCNc3ccccc3N2)cc1.Cl. The summed E-state index contributed by atoms with van der Waals surface area (Å²) in [4.78, 5) is 0. The Morgan fingerprint density at radius 3 is 2.40 bits per heavy atom. The van der Waals surface area contributed by atoms with Gasteiger partial charge in [0.1, 0.15) is 5.75 Å². The number of para-hydroxylation sites is 2. The number of rotatable bonds is 2. The molecule has 3 nitrogen and oxygen atoms in total. The lowest BCUT2D eigenvalue weighted by molar-refractivity contribution is 0.414. The van der Waals surface area contributed by atoms with Crippen molar-refractivity contribution in [3.8, 4) is 5.75 Å².